The number of thioether (sulfide) groups is 1. The van der Waals surface area contributed by atoms with Crippen LogP contribution < -0.4 is 10.3 Å². The number of benzene rings is 2. The highest BCUT2D eigenvalue weighted by molar-refractivity contribution is 8.26. The van der Waals surface area contributed by atoms with E-state index in [9.17, 15) is 24.8 Å². The molecule has 2 aromatic carbocycles. The molecule has 1 aliphatic rings. The number of aromatic hydroxyl groups is 1. The molecule has 0 spiro atoms. The van der Waals surface area contributed by atoms with Crippen molar-refractivity contribution in [1.82, 2.24) is 9.47 Å². The number of pyridine rings is 1. The monoisotopic (exact) mass is 607 g/mol. The Bertz CT molecular complexity index is 1640. The number of hydrogen-bond donors (Lipinski definition) is 1. The predicted octanol–water partition coefficient (Wildman–Crippen LogP) is 5.50. The normalized spacial score (nSPS) is 14.0. The molecule has 0 unspecified atom stereocenters. The van der Waals surface area contributed by atoms with Gasteiger partial charge in [0, 0.05) is 24.5 Å². The molecule has 2 heterocycles. The number of rotatable bonds is 10. The zero-order valence-corrected chi connectivity index (χ0v) is 24.7. The molecule has 0 atom stereocenters. The molecular weight excluding hydrogens is 582 g/mol. The number of nitrogens with zero attached hydrogens (tertiary/aromatic N) is 3. The number of ether oxygens (including phenoxy) is 1. The Labute approximate surface area is 251 Å². The molecule has 1 saturated heterocycles. The smallest absolute Gasteiger partial charge is 0.271 e. The molecular formula is C30H26ClN3O5S2. The van der Waals surface area contributed by atoms with Crippen molar-refractivity contribution in [3.8, 4) is 17.7 Å². The molecule has 41 heavy (non-hydrogen) atoms. The van der Waals surface area contributed by atoms with Gasteiger partial charge in [-0.05, 0) is 66.8 Å². The van der Waals surface area contributed by atoms with Crippen LogP contribution in [0.4, 0.5) is 0 Å². The molecule has 1 amide bonds. The summed E-state index contributed by atoms with van der Waals surface area (Å²) in [5, 5.41) is 21.2. The Morgan fingerprint density at radius 2 is 1.83 bits per heavy atom. The lowest BCUT2D eigenvalue weighted by atomic mass is 9.99. The Balaban J connectivity index is 1.47. The van der Waals surface area contributed by atoms with Crippen LogP contribution in [0.15, 0.2) is 58.2 Å². The molecule has 1 aliphatic heterocycles. The number of carbonyl (C=O) groups is 2. The number of amides is 1. The second-order valence-corrected chi connectivity index (χ2v) is 11.4. The minimum absolute atomic E-state index is 0.0246. The van der Waals surface area contributed by atoms with Gasteiger partial charge in [0.15, 0.2) is 5.78 Å². The van der Waals surface area contributed by atoms with Gasteiger partial charge in [-0.2, -0.15) is 5.26 Å². The molecule has 1 aromatic heterocycles. The van der Waals surface area contributed by atoms with E-state index in [2.05, 4.69) is 0 Å². The molecule has 210 valence electrons. The highest BCUT2D eigenvalue weighted by Crippen LogP contribution is 2.33. The minimum Gasteiger partial charge on any atom is -0.497 e. The predicted molar refractivity (Wildman–Crippen MR) is 163 cm³/mol. The molecule has 1 N–H and O–H groups in total. The molecule has 3 aromatic rings. The van der Waals surface area contributed by atoms with Gasteiger partial charge in [0.05, 0.1) is 17.6 Å². The molecule has 4 rings (SSSR count). The standard InChI is InChI=1S/C30H26ClN3O5S2/c1-18-23(17-32)27(36)33(15-13-19-7-11-22(39-2)12-8-19)29(38)26(18)24(35)4-3-14-34-28(37)25(41-30(34)40)16-20-5-9-21(31)10-6-20/h5-12,16,38H,3-4,13-15H2,1-2H3/b25-16-. The maximum absolute atomic E-state index is 13.3. The first-order chi connectivity index (χ1) is 19.6. The highest BCUT2D eigenvalue weighted by Gasteiger charge is 2.32. The summed E-state index contributed by atoms with van der Waals surface area (Å²) < 4.78 is 6.61. The Morgan fingerprint density at radius 1 is 1.15 bits per heavy atom. The summed E-state index contributed by atoms with van der Waals surface area (Å²) in [7, 11) is 1.56. The van der Waals surface area contributed by atoms with Gasteiger partial charge < -0.3 is 9.84 Å². The second-order valence-electron chi connectivity index (χ2n) is 9.28. The average Bonchev–Trinajstić information content (AvgIpc) is 3.22. The zero-order valence-electron chi connectivity index (χ0n) is 22.3. The van der Waals surface area contributed by atoms with E-state index in [1.54, 1.807) is 49.6 Å². The summed E-state index contributed by atoms with van der Waals surface area (Å²) in [6.45, 7) is 1.75. The van der Waals surface area contributed by atoms with Crippen molar-refractivity contribution in [2.45, 2.75) is 32.7 Å². The molecule has 0 saturated carbocycles. The van der Waals surface area contributed by atoms with Gasteiger partial charge in [-0.3, -0.25) is 23.9 Å². The summed E-state index contributed by atoms with van der Waals surface area (Å²) in [5.74, 6) is -0.467. The van der Waals surface area contributed by atoms with Gasteiger partial charge >= 0.3 is 0 Å². The number of aromatic nitrogens is 1. The summed E-state index contributed by atoms with van der Waals surface area (Å²) in [4.78, 5) is 41.1. The van der Waals surface area contributed by atoms with Gasteiger partial charge in [-0.25, -0.2) is 0 Å². The van der Waals surface area contributed by atoms with Gasteiger partial charge in [0.1, 0.15) is 21.7 Å². The summed E-state index contributed by atoms with van der Waals surface area (Å²) >= 11 is 12.5. The molecule has 0 radical (unpaired) electrons. The number of hydrogen-bond acceptors (Lipinski definition) is 8. The van der Waals surface area contributed by atoms with E-state index in [4.69, 9.17) is 28.6 Å². The number of carbonyl (C=O) groups excluding carboxylic acids is 2. The second kappa shape index (κ2) is 13.2. The fourth-order valence-electron chi connectivity index (χ4n) is 4.45. The van der Waals surface area contributed by atoms with E-state index >= 15 is 0 Å². The molecule has 0 aliphatic carbocycles. The largest absolute Gasteiger partial charge is 0.497 e. The Hall–Kier alpha value is -3.91. The van der Waals surface area contributed by atoms with Crippen molar-refractivity contribution < 1.29 is 19.4 Å². The van der Waals surface area contributed by atoms with Crippen LogP contribution in [0, 0.1) is 18.3 Å². The quantitative estimate of drug-likeness (QED) is 0.183. The summed E-state index contributed by atoms with van der Waals surface area (Å²) in [5.41, 5.74) is 0.924. The van der Waals surface area contributed by atoms with Crippen LogP contribution in [-0.4, -0.2) is 44.2 Å². The van der Waals surface area contributed by atoms with Gasteiger partial charge in [0.25, 0.3) is 11.5 Å². The van der Waals surface area contributed by atoms with E-state index in [0.717, 1.165) is 15.7 Å². The summed E-state index contributed by atoms with van der Waals surface area (Å²) in [6, 6.07) is 16.2. The van der Waals surface area contributed by atoms with Crippen LogP contribution in [0.2, 0.25) is 5.02 Å². The van der Waals surface area contributed by atoms with E-state index in [1.807, 2.05) is 18.2 Å². The first kappa shape index (κ1) is 30.1. The number of Topliss-reactive ketones (excluding diaryl/α,β-unsaturated/α-hetero) is 1. The van der Waals surface area contributed by atoms with Gasteiger partial charge in [-0.15, -0.1) is 0 Å². The maximum Gasteiger partial charge on any atom is 0.271 e. The number of nitriles is 1. The van der Waals surface area contributed by atoms with Crippen LogP contribution in [0.1, 0.15) is 45.5 Å². The summed E-state index contributed by atoms with van der Waals surface area (Å²) in [6.07, 6.45) is 2.37. The lowest BCUT2D eigenvalue weighted by molar-refractivity contribution is -0.122. The third-order valence-corrected chi connectivity index (χ3v) is 8.32. The van der Waals surface area contributed by atoms with Crippen LogP contribution in [0.3, 0.4) is 0 Å². The van der Waals surface area contributed by atoms with Crippen LogP contribution in [-0.2, 0) is 17.8 Å². The third-order valence-electron chi connectivity index (χ3n) is 6.69. The van der Waals surface area contributed by atoms with E-state index in [1.165, 1.54) is 23.6 Å². The van der Waals surface area contributed by atoms with Crippen molar-refractivity contribution in [2.24, 2.45) is 0 Å². The van der Waals surface area contributed by atoms with E-state index in [-0.39, 0.29) is 48.5 Å². The molecule has 1 fully saturated rings. The Morgan fingerprint density at radius 3 is 2.46 bits per heavy atom. The van der Waals surface area contributed by atoms with Crippen molar-refractivity contribution in [1.29, 1.82) is 5.26 Å². The fourth-order valence-corrected chi connectivity index (χ4v) is 5.89. The van der Waals surface area contributed by atoms with Gasteiger partial charge in [0.2, 0.25) is 5.88 Å². The van der Waals surface area contributed by atoms with Crippen LogP contribution >= 0.6 is 35.6 Å². The highest BCUT2D eigenvalue weighted by atomic mass is 35.5. The molecule has 11 heteroatoms. The third kappa shape index (κ3) is 6.70. The van der Waals surface area contributed by atoms with Crippen molar-refractivity contribution in [2.75, 3.05) is 13.7 Å². The van der Waals surface area contributed by atoms with Crippen LogP contribution in [0.25, 0.3) is 6.08 Å². The van der Waals surface area contributed by atoms with Crippen molar-refractivity contribution >= 4 is 57.7 Å². The Kier molecular flexibility index (Phi) is 9.65. The topological polar surface area (TPSA) is 113 Å². The fraction of sp³-hybridized carbons (Fsp3) is 0.233. The minimum atomic E-state index is -0.655. The zero-order chi connectivity index (χ0) is 29.7. The number of ketones is 1. The molecule has 8 nitrogen and oxygen atoms in total. The van der Waals surface area contributed by atoms with E-state index in [0.29, 0.717) is 26.4 Å². The first-order valence-corrected chi connectivity index (χ1v) is 14.3. The van der Waals surface area contributed by atoms with Crippen LogP contribution in [0.5, 0.6) is 11.6 Å². The first-order valence-electron chi connectivity index (χ1n) is 12.7. The van der Waals surface area contributed by atoms with Gasteiger partial charge in [-0.1, -0.05) is 59.8 Å². The lowest BCUT2D eigenvalue weighted by Gasteiger charge is -2.17. The average molecular weight is 608 g/mol. The molecule has 0 bridgehead atoms. The van der Waals surface area contributed by atoms with Crippen molar-refractivity contribution in [3.05, 3.63) is 96.6 Å². The van der Waals surface area contributed by atoms with Crippen molar-refractivity contribution in [3.63, 3.8) is 0 Å². The lowest BCUT2D eigenvalue weighted by Crippen LogP contribution is -2.30. The van der Waals surface area contributed by atoms with E-state index < -0.39 is 17.2 Å². The number of thiocarbonyl (C=S) groups is 1. The number of halogens is 1. The number of aryl methyl sites for hydroxylation is 1. The maximum atomic E-state index is 13.3. The SMILES string of the molecule is COc1ccc(CCn2c(O)c(C(=O)CCCN3C(=O)/C(=C/c4ccc(Cl)cc4)SC3=S)c(C)c(C#N)c2=O)cc1. The number of methoxy groups -OCH3 is 1.